The van der Waals surface area contributed by atoms with Crippen LogP contribution in [0.15, 0.2) is 16.2 Å². The van der Waals surface area contributed by atoms with Gasteiger partial charge in [-0.1, -0.05) is 0 Å². The zero-order valence-electron chi connectivity index (χ0n) is 8.97. The molecule has 1 atom stereocenters. The van der Waals surface area contributed by atoms with Crippen molar-refractivity contribution in [1.29, 1.82) is 0 Å². The fourth-order valence-corrected chi connectivity index (χ4v) is 1.99. The molecule has 2 aromatic rings. The van der Waals surface area contributed by atoms with Crippen LogP contribution in [0.4, 0.5) is 0 Å². The van der Waals surface area contributed by atoms with E-state index in [9.17, 15) is 9.59 Å². The highest BCUT2D eigenvalue weighted by Crippen LogP contribution is 2.13. The maximum Gasteiger partial charge on any atom is 0.332 e. The number of hydrogen-bond acceptors (Lipinski definition) is 5. The molecule has 17 heavy (non-hydrogen) atoms. The number of rotatable bonds is 4. The summed E-state index contributed by atoms with van der Waals surface area (Å²) in [6, 6.07) is 1.74. The zero-order chi connectivity index (χ0) is 12.4. The SMILES string of the molecule is C[C@H](OCc1nc2ccsc2c(=O)[nH]1)C(=O)O. The molecule has 6 nitrogen and oxygen atoms in total. The Morgan fingerprint density at radius 1 is 1.71 bits per heavy atom. The van der Waals surface area contributed by atoms with Gasteiger partial charge in [0.1, 0.15) is 17.1 Å². The average Bonchev–Trinajstić information content (AvgIpc) is 2.74. The Bertz CT molecular complexity index is 604. The maximum absolute atomic E-state index is 11.6. The highest BCUT2D eigenvalue weighted by atomic mass is 32.1. The van der Waals surface area contributed by atoms with E-state index in [2.05, 4.69) is 9.97 Å². The first-order valence-electron chi connectivity index (χ1n) is 4.88. The van der Waals surface area contributed by atoms with Crippen molar-refractivity contribution >= 4 is 27.5 Å². The second-order valence-electron chi connectivity index (χ2n) is 3.44. The lowest BCUT2D eigenvalue weighted by Crippen LogP contribution is -2.21. The zero-order valence-corrected chi connectivity index (χ0v) is 9.78. The number of carboxylic acid groups (broad SMARTS) is 1. The van der Waals surface area contributed by atoms with E-state index < -0.39 is 12.1 Å². The third-order valence-corrected chi connectivity index (χ3v) is 3.08. The van der Waals surface area contributed by atoms with Crippen LogP contribution in [0.25, 0.3) is 10.2 Å². The van der Waals surface area contributed by atoms with Crippen LogP contribution < -0.4 is 5.56 Å². The van der Waals surface area contributed by atoms with E-state index in [0.29, 0.717) is 16.0 Å². The largest absolute Gasteiger partial charge is 0.479 e. The highest BCUT2D eigenvalue weighted by Gasteiger charge is 2.12. The summed E-state index contributed by atoms with van der Waals surface area (Å²) >= 11 is 1.31. The van der Waals surface area contributed by atoms with Crippen LogP contribution in [-0.2, 0) is 16.1 Å². The van der Waals surface area contributed by atoms with Gasteiger partial charge in [-0.2, -0.15) is 0 Å². The molecule has 0 aliphatic heterocycles. The predicted molar refractivity (Wildman–Crippen MR) is 62.1 cm³/mol. The van der Waals surface area contributed by atoms with Crippen molar-refractivity contribution < 1.29 is 14.6 Å². The lowest BCUT2D eigenvalue weighted by molar-refractivity contribution is -0.150. The number of nitrogens with one attached hydrogen (secondary N) is 1. The number of aliphatic carboxylic acids is 1. The van der Waals surface area contributed by atoms with Gasteiger partial charge in [0.15, 0.2) is 6.10 Å². The molecule has 0 saturated heterocycles. The van der Waals surface area contributed by atoms with Crippen LogP contribution in [0, 0.1) is 0 Å². The number of thiophene rings is 1. The Morgan fingerprint density at radius 3 is 3.18 bits per heavy atom. The number of nitrogens with zero attached hydrogens (tertiary/aromatic N) is 1. The smallest absolute Gasteiger partial charge is 0.332 e. The molecular weight excluding hydrogens is 244 g/mol. The first kappa shape index (κ1) is 11.7. The minimum absolute atomic E-state index is 0.0332. The van der Waals surface area contributed by atoms with E-state index >= 15 is 0 Å². The normalized spacial score (nSPS) is 12.8. The molecule has 2 rings (SSSR count). The standard InChI is InChI=1S/C10H10N2O4S/c1-5(10(14)15)16-4-7-11-6-2-3-17-8(6)9(13)12-7/h2-3,5H,4H2,1H3,(H,14,15)(H,11,12,13)/t5-/m0/s1. The van der Waals surface area contributed by atoms with Gasteiger partial charge in [-0.05, 0) is 18.4 Å². The highest BCUT2D eigenvalue weighted by molar-refractivity contribution is 7.17. The fourth-order valence-electron chi connectivity index (χ4n) is 1.27. The Hall–Kier alpha value is -1.73. The Morgan fingerprint density at radius 2 is 2.47 bits per heavy atom. The van der Waals surface area contributed by atoms with Crippen molar-refractivity contribution in [2.24, 2.45) is 0 Å². The van der Waals surface area contributed by atoms with Gasteiger partial charge in [0, 0.05) is 0 Å². The minimum Gasteiger partial charge on any atom is -0.479 e. The molecular formula is C10H10N2O4S. The fraction of sp³-hybridized carbons (Fsp3) is 0.300. The first-order chi connectivity index (χ1) is 8.08. The molecule has 7 heteroatoms. The Balaban J connectivity index is 2.19. The van der Waals surface area contributed by atoms with Gasteiger partial charge in [-0.15, -0.1) is 11.3 Å². The van der Waals surface area contributed by atoms with Crippen LogP contribution >= 0.6 is 11.3 Å². The molecule has 2 aromatic heterocycles. The Kier molecular flexibility index (Phi) is 3.21. The summed E-state index contributed by atoms with van der Waals surface area (Å²) in [6.45, 7) is 1.39. The van der Waals surface area contributed by atoms with Crippen LogP contribution in [0.3, 0.4) is 0 Å². The second-order valence-corrected chi connectivity index (χ2v) is 4.36. The van der Waals surface area contributed by atoms with E-state index in [1.807, 2.05) is 0 Å². The quantitative estimate of drug-likeness (QED) is 0.848. The summed E-state index contributed by atoms with van der Waals surface area (Å²) in [5.41, 5.74) is 0.368. The predicted octanol–water partition coefficient (Wildman–Crippen LogP) is 0.974. The van der Waals surface area contributed by atoms with Crippen molar-refractivity contribution in [3.05, 3.63) is 27.6 Å². The molecule has 90 valence electrons. The lowest BCUT2D eigenvalue weighted by Gasteiger charge is -2.07. The maximum atomic E-state index is 11.6. The molecule has 0 spiro atoms. The average molecular weight is 254 g/mol. The summed E-state index contributed by atoms with van der Waals surface area (Å²) < 4.78 is 5.60. The molecule has 0 amide bonds. The third-order valence-electron chi connectivity index (χ3n) is 2.18. The summed E-state index contributed by atoms with van der Waals surface area (Å²) in [5, 5.41) is 10.4. The molecule has 0 aliphatic carbocycles. The molecule has 0 radical (unpaired) electrons. The monoisotopic (exact) mass is 254 g/mol. The number of carbonyl (C=O) groups is 1. The minimum atomic E-state index is -1.05. The van der Waals surface area contributed by atoms with Gasteiger partial charge in [0.2, 0.25) is 0 Å². The number of H-pyrrole nitrogens is 1. The number of ether oxygens (including phenoxy) is 1. The van der Waals surface area contributed by atoms with Crippen molar-refractivity contribution in [2.75, 3.05) is 0 Å². The summed E-state index contributed by atoms with van der Waals surface area (Å²) in [6.07, 6.45) is -0.932. The molecule has 2 N–H and O–H groups in total. The molecule has 0 fully saturated rings. The summed E-state index contributed by atoms with van der Waals surface area (Å²) in [4.78, 5) is 28.8. The Labute approximate surface area is 99.9 Å². The summed E-state index contributed by atoms with van der Waals surface area (Å²) in [5.74, 6) is -0.724. The summed E-state index contributed by atoms with van der Waals surface area (Å²) in [7, 11) is 0. The van der Waals surface area contributed by atoms with Crippen LogP contribution in [0.1, 0.15) is 12.7 Å². The first-order valence-corrected chi connectivity index (χ1v) is 5.76. The molecule has 0 saturated carbocycles. The van der Waals surface area contributed by atoms with E-state index in [1.54, 1.807) is 11.4 Å². The van der Waals surface area contributed by atoms with E-state index in [1.165, 1.54) is 18.3 Å². The number of fused-ring (bicyclic) bond motifs is 1. The number of hydrogen-bond donors (Lipinski definition) is 2. The molecule has 2 heterocycles. The third kappa shape index (κ3) is 2.51. The van der Waals surface area contributed by atoms with Gasteiger partial charge in [0.25, 0.3) is 5.56 Å². The van der Waals surface area contributed by atoms with Crippen LogP contribution in [0.5, 0.6) is 0 Å². The topological polar surface area (TPSA) is 92.3 Å². The van der Waals surface area contributed by atoms with E-state index in [0.717, 1.165) is 0 Å². The van der Waals surface area contributed by atoms with Crippen molar-refractivity contribution in [3.63, 3.8) is 0 Å². The molecule has 0 aliphatic rings. The number of aromatic nitrogens is 2. The second kappa shape index (κ2) is 4.64. The molecule has 0 unspecified atom stereocenters. The van der Waals surface area contributed by atoms with Crippen LogP contribution in [-0.4, -0.2) is 27.1 Å². The molecule has 0 bridgehead atoms. The lowest BCUT2D eigenvalue weighted by atomic mass is 10.4. The van der Waals surface area contributed by atoms with Crippen molar-refractivity contribution in [1.82, 2.24) is 9.97 Å². The molecule has 0 aromatic carbocycles. The van der Waals surface area contributed by atoms with Gasteiger partial charge >= 0.3 is 5.97 Å². The van der Waals surface area contributed by atoms with Crippen LogP contribution in [0.2, 0.25) is 0 Å². The van der Waals surface area contributed by atoms with Gasteiger partial charge < -0.3 is 14.8 Å². The van der Waals surface area contributed by atoms with Gasteiger partial charge in [-0.3, -0.25) is 4.79 Å². The van der Waals surface area contributed by atoms with E-state index in [-0.39, 0.29) is 12.2 Å². The number of aromatic amines is 1. The van der Waals surface area contributed by atoms with Gasteiger partial charge in [0.05, 0.1) is 5.52 Å². The van der Waals surface area contributed by atoms with Crippen molar-refractivity contribution in [2.45, 2.75) is 19.6 Å². The van der Waals surface area contributed by atoms with Gasteiger partial charge in [-0.25, -0.2) is 9.78 Å². The number of carboxylic acids is 1. The van der Waals surface area contributed by atoms with E-state index in [4.69, 9.17) is 9.84 Å². The van der Waals surface area contributed by atoms with Crippen molar-refractivity contribution in [3.8, 4) is 0 Å².